The van der Waals surface area contributed by atoms with Crippen LogP contribution in [0.5, 0.6) is 0 Å². The van der Waals surface area contributed by atoms with Crippen LogP contribution < -0.4 is 10.7 Å². The van der Waals surface area contributed by atoms with Gasteiger partial charge in [-0.05, 0) is 30.4 Å². The first-order valence-electron chi connectivity index (χ1n) is 4.21. The zero-order chi connectivity index (χ0) is 11.4. The van der Waals surface area contributed by atoms with E-state index in [0.29, 0.717) is 10.1 Å². The van der Waals surface area contributed by atoms with Gasteiger partial charge in [-0.1, -0.05) is 27.5 Å². The number of hydrazine groups is 1. The van der Waals surface area contributed by atoms with E-state index in [9.17, 15) is 0 Å². The molecule has 0 atom stereocenters. The van der Waals surface area contributed by atoms with Gasteiger partial charge >= 0.3 is 0 Å². The van der Waals surface area contributed by atoms with E-state index in [4.69, 9.17) is 23.8 Å². The van der Waals surface area contributed by atoms with E-state index in [2.05, 4.69) is 26.7 Å². The molecule has 0 aromatic heterocycles. The van der Waals surface area contributed by atoms with Crippen molar-refractivity contribution >= 4 is 50.5 Å². The molecule has 0 bridgehead atoms. The minimum absolute atomic E-state index is 0.557. The van der Waals surface area contributed by atoms with E-state index in [1.165, 1.54) is 0 Å². The van der Waals surface area contributed by atoms with Crippen molar-refractivity contribution in [2.45, 2.75) is 0 Å². The van der Waals surface area contributed by atoms with Gasteiger partial charge in [-0.3, -0.25) is 5.01 Å². The van der Waals surface area contributed by atoms with Crippen LogP contribution in [-0.4, -0.2) is 24.2 Å². The van der Waals surface area contributed by atoms with E-state index >= 15 is 0 Å². The summed E-state index contributed by atoms with van der Waals surface area (Å²) >= 11 is 14.5. The average molecular weight is 309 g/mol. The molecule has 1 rings (SSSR count). The lowest BCUT2D eigenvalue weighted by Crippen LogP contribution is -2.39. The number of nitrogens with one attached hydrogen (secondary N) is 2. The topological polar surface area (TPSA) is 27.3 Å². The van der Waals surface area contributed by atoms with Crippen molar-refractivity contribution < 1.29 is 0 Å². The third-order valence-corrected chi connectivity index (χ3v) is 2.99. The lowest BCUT2D eigenvalue weighted by Gasteiger charge is -2.19. The predicted octanol–water partition coefficient (Wildman–Crippen LogP) is 2.87. The second kappa shape index (κ2) is 5.65. The van der Waals surface area contributed by atoms with Crippen LogP contribution in [0.15, 0.2) is 22.7 Å². The Bertz CT molecular complexity index is 372. The maximum Gasteiger partial charge on any atom is 0.187 e. The molecule has 0 amide bonds. The van der Waals surface area contributed by atoms with Crippen molar-refractivity contribution in [2.24, 2.45) is 0 Å². The summed E-state index contributed by atoms with van der Waals surface area (Å²) in [6.45, 7) is 0. The van der Waals surface area contributed by atoms with Crippen molar-refractivity contribution in [3.8, 4) is 0 Å². The van der Waals surface area contributed by atoms with E-state index in [0.717, 1.165) is 10.2 Å². The molecule has 0 aliphatic heterocycles. The van der Waals surface area contributed by atoms with Gasteiger partial charge in [0.05, 0.1) is 10.7 Å². The molecule has 0 heterocycles. The van der Waals surface area contributed by atoms with Crippen LogP contribution in [0.3, 0.4) is 0 Å². The van der Waals surface area contributed by atoms with Crippen molar-refractivity contribution in [1.82, 2.24) is 10.4 Å². The summed E-state index contributed by atoms with van der Waals surface area (Å²) in [5.41, 5.74) is 3.68. The second-order valence-corrected chi connectivity index (χ2v) is 4.55. The summed E-state index contributed by atoms with van der Waals surface area (Å²) in [4.78, 5) is 0. The number of anilines is 1. The normalized spacial score (nSPS) is 9.87. The first-order valence-corrected chi connectivity index (χ1v) is 5.79. The van der Waals surface area contributed by atoms with Crippen LogP contribution in [0.1, 0.15) is 0 Å². The van der Waals surface area contributed by atoms with Gasteiger partial charge < -0.3 is 5.32 Å². The summed E-state index contributed by atoms with van der Waals surface area (Å²) in [5, 5.41) is 5.90. The molecule has 1 aromatic carbocycles. The zero-order valence-electron chi connectivity index (χ0n) is 8.34. The fraction of sp³-hybridized carbons (Fsp3) is 0.222. The van der Waals surface area contributed by atoms with Crippen LogP contribution in [0.25, 0.3) is 0 Å². The number of hydrogen-bond acceptors (Lipinski definition) is 2. The Kier molecular flexibility index (Phi) is 4.79. The molecule has 82 valence electrons. The predicted molar refractivity (Wildman–Crippen MR) is 72.2 cm³/mol. The highest BCUT2D eigenvalue weighted by Crippen LogP contribution is 2.25. The van der Waals surface area contributed by atoms with Gasteiger partial charge in [0, 0.05) is 18.6 Å². The number of halogens is 2. The van der Waals surface area contributed by atoms with Crippen molar-refractivity contribution in [3.63, 3.8) is 0 Å². The molecule has 0 spiro atoms. The molecule has 0 radical (unpaired) electrons. The van der Waals surface area contributed by atoms with Crippen LogP contribution in [0, 0.1) is 0 Å². The fourth-order valence-corrected chi connectivity index (χ4v) is 1.81. The lowest BCUT2D eigenvalue weighted by molar-refractivity contribution is 0.416. The summed E-state index contributed by atoms with van der Waals surface area (Å²) in [6.07, 6.45) is 0. The van der Waals surface area contributed by atoms with Gasteiger partial charge in [-0.15, -0.1) is 0 Å². The van der Waals surface area contributed by atoms with Crippen LogP contribution >= 0.6 is 39.7 Å². The lowest BCUT2D eigenvalue weighted by atomic mass is 10.3. The number of benzene rings is 1. The van der Waals surface area contributed by atoms with E-state index < -0.39 is 0 Å². The molecule has 3 nitrogen and oxygen atoms in total. The third-order valence-electron chi connectivity index (χ3n) is 1.81. The number of hydrogen-bond donors (Lipinski definition) is 2. The Morgan fingerprint density at radius 3 is 2.73 bits per heavy atom. The molecule has 0 fully saturated rings. The molecule has 2 N–H and O–H groups in total. The number of thiocarbonyl (C=S) groups is 1. The highest BCUT2D eigenvalue weighted by molar-refractivity contribution is 9.10. The summed E-state index contributed by atoms with van der Waals surface area (Å²) in [5.74, 6) is 0. The number of nitrogens with zero attached hydrogens (tertiary/aromatic N) is 1. The van der Waals surface area contributed by atoms with Crippen LogP contribution in [-0.2, 0) is 0 Å². The molecule has 0 aliphatic carbocycles. The third kappa shape index (κ3) is 3.61. The zero-order valence-corrected chi connectivity index (χ0v) is 11.5. The smallest absolute Gasteiger partial charge is 0.187 e. The standard InChI is InChI=1S/C9H11BrClN3S/c1-12-14(2)9(15)13-8-4-3-6(10)5-7(8)11/h3-5,12H,1-2H3,(H,13,15). The molecule has 0 saturated carbocycles. The molecular weight excluding hydrogens is 298 g/mol. The van der Waals surface area contributed by atoms with Gasteiger partial charge in [0.2, 0.25) is 0 Å². The molecular formula is C9H11BrClN3S. The second-order valence-electron chi connectivity index (χ2n) is 2.84. The van der Waals surface area contributed by atoms with Crippen molar-refractivity contribution in [2.75, 3.05) is 19.4 Å². The van der Waals surface area contributed by atoms with E-state index in [1.54, 1.807) is 12.1 Å². The summed E-state index contributed by atoms with van der Waals surface area (Å²) in [6, 6.07) is 5.57. The van der Waals surface area contributed by atoms with Gasteiger partial charge in [-0.25, -0.2) is 5.43 Å². The molecule has 1 aromatic rings. The van der Waals surface area contributed by atoms with Crippen molar-refractivity contribution in [1.29, 1.82) is 0 Å². The maximum absolute atomic E-state index is 6.03. The molecule has 6 heteroatoms. The minimum Gasteiger partial charge on any atom is -0.330 e. The molecule has 0 saturated heterocycles. The van der Waals surface area contributed by atoms with Gasteiger partial charge in [0.25, 0.3) is 0 Å². The SMILES string of the molecule is CNN(C)C(=S)Nc1ccc(Br)cc1Cl. The molecule has 0 unspecified atom stereocenters. The quantitative estimate of drug-likeness (QED) is 0.649. The Morgan fingerprint density at radius 1 is 1.53 bits per heavy atom. The summed E-state index contributed by atoms with van der Waals surface area (Å²) < 4.78 is 0.936. The van der Waals surface area contributed by atoms with Gasteiger partial charge in [-0.2, -0.15) is 0 Å². The van der Waals surface area contributed by atoms with E-state index in [1.807, 2.05) is 25.2 Å². The fourth-order valence-electron chi connectivity index (χ4n) is 0.891. The Balaban J connectivity index is 2.77. The Labute approximate surface area is 108 Å². The minimum atomic E-state index is 0.557. The van der Waals surface area contributed by atoms with E-state index in [-0.39, 0.29) is 0 Å². The monoisotopic (exact) mass is 307 g/mol. The average Bonchev–Trinajstić information content (AvgIpc) is 2.20. The maximum atomic E-state index is 6.03. The molecule has 0 aliphatic rings. The summed E-state index contributed by atoms with van der Waals surface area (Å²) in [7, 11) is 3.61. The highest BCUT2D eigenvalue weighted by Gasteiger charge is 2.05. The van der Waals surface area contributed by atoms with Crippen molar-refractivity contribution in [3.05, 3.63) is 27.7 Å². The number of rotatable bonds is 2. The first-order chi connectivity index (χ1) is 7.04. The Morgan fingerprint density at radius 2 is 2.20 bits per heavy atom. The Hall–Kier alpha value is -0.360. The molecule has 15 heavy (non-hydrogen) atoms. The largest absolute Gasteiger partial charge is 0.330 e. The first kappa shape index (κ1) is 12.7. The van der Waals surface area contributed by atoms with Crippen LogP contribution in [0.4, 0.5) is 5.69 Å². The van der Waals surface area contributed by atoms with Crippen LogP contribution in [0.2, 0.25) is 5.02 Å². The van der Waals surface area contributed by atoms with Gasteiger partial charge in [0.1, 0.15) is 0 Å². The highest BCUT2D eigenvalue weighted by atomic mass is 79.9. The van der Waals surface area contributed by atoms with Gasteiger partial charge in [0.15, 0.2) is 5.11 Å².